The van der Waals surface area contributed by atoms with Gasteiger partial charge in [-0.3, -0.25) is 4.98 Å². The lowest BCUT2D eigenvalue weighted by atomic mass is 9.85. The zero-order valence-electron chi connectivity index (χ0n) is 15.6. The molecule has 0 amide bonds. The number of nitrogens with zero attached hydrogens (tertiary/aromatic N) is 5. The second-order valence-electron chi connectivity index (χ2n) is 7.14. The number of hydrogen-bond donors (Lipinski definition) is 1. The second-order valence-corrected chi connectivity index (χ2v) is 7.58. The van der Waals surface area contributed by atoms with Crippen LogP contribution in [0, 0.1) is 0 Å². The van der Waals surface area contributed by atoms with Crippen molar-refractivity contribution >= 4 is 23.2 Å². The summed E-state index contributed by atoms with van der Waals surface area (Å²) in [5, 5.41) is 16.4. The van der Waals surface area contributed by atoms with E-state index in [1.807, 2.05) is 66.9 Å². The van der Waals surface area contributed by atoms with E-state index < -0.39 is 0 Å². The molecule has 0 spiro atoms. The molecule has 0 fully saturated rings. The van der Waals surface area contributed by atoms with Crippen LogP contribution in [0.2, 0.25) is 5.02 Å². The number of nitrogens with one attached hydrogen (secondary N) is 1. The van der Waals surface area contributed by atoms with E-state index in [0.717, 1.165) is 33.7 Å². The van der Waals surface area contributed by atoms with Gasteiger partial charge >= 0.3 is 0 Å². The van der Waals surface area contributed by atoms with Gasteiger partial charge in [0, 0.05) is 28.6 Å². The topological polar surface area (TPSA) is 77.8 Å². The fourth-order valence-electron chi connectivity index (χ4n) is 4.14. The molecule has 146 valence electrons. The van der Waals surface area contributed by atoms with Crippen molar-refractivity contribution in [3.05, 3.63) is 100 Å². The molecule has 0 unspecified atom stereocenters. The fourth-order valence-corrected chi connectivity index (χ4v) is 4.34. The Balaban J connectivity index is 1.64. The molecular formula is C22H15ClN6O. The summed E-state index contributed by atoms with van der Waals surface area (Å²) in [5.74, 6) is 1.36. The van der Waals surface area contributed by atoms with E-state index in [2.05, 4.69) is 25.8 Å². The minimum Gasteiger partial charge on any atom is -0.480 e. The van der Waals surface area contributed by atoms with E-state index in [0.29, 0.717) is 11.0 Å². The maximum absolute atomic E-state index is 6.53. The van der Waals surface area contributed by atoms with Gasteiger partial charge in [-0.1, -0.05) is 47.0 Å². The third-order valence-electron chi connectivity index (χ3n) is 5.39. The number of pyridine rings is 1. The van der Waals surface area contributed by atoms with Crippen LogP contribution in [-0.2, 0) is 0 Å². The van der Waals surface area contributed by atoms with Crippen LogP contribution in [0.3, 0.4) is 0 Å². The molecule has 6 rings (SSSR count). The lowest BCUT2D eigenvalue weighted by Crippen LogP contribution is -2.32. The third kappa shape index (κ3) is 2.59. The molecule has 7 nitrogen and oxygen atoms in total. The molecule has 0 saturated heterocycles. The molecule has 0 saturated carbocycles. The Bertz CT molecular complexity index is 1290. The summed E-state index contributed by atoms with van der Waals surface area (Å²) in [6.45, 7) is 0. The molecule has 2 atom stereocenters. The number of rotatable bonds is 2. The number of tetrazole rings is 1. The molecule has 2 aromatic heterocycles. The molecule has 1 N–H and O–H groups in total. The maximum Gasteiger partial charge on any atom is 0.248 e. The molecule has 0 bridgehead atoms. The van der Waals surface area contributed by atoms with Crippen LogP contribution in [-0.4, -0.2) is 25.2 Å². The van der Waals surface area contributed by atoms with Crippen molar-refractivity contribution in [2.45, 2.75) is 12.1 Å². The molecular weight excluding hydrogens is 400 g/mol. The van der Waals surface area contributed by atoms with Gasteiger partial charge in [0.15, 0.2) is 0 Å². The first kappa shape index (κ1) is 17.2. The van der Waals surface area contributed by atoms with Crippen LogP contribution in [0.1, 0.15) is 28.8 Å². The molecule has 2 aliphatic heterocycles. The summed E-state index contributed by atoms with van der Waals surface area (Å²) in [5.41, 5.74) is 4.84. The van der Waals surface area contributed by atoms with E-state index in [1.165, 1.54) is 0 Å². The first-order valence-electron chi connectivity index (χ1n) is 9.50. The van der Waals surface area contributed by atoms with Crippen LogP contribution in [0.4, 0.5) is 5.95 Å². The van der Waals surface area contributed by atoms with Gasteiger partial charge < -0.3 is 10.1 Å². The normalized spacial score (nSPS) is 19.2. The van der Waals surface area contributed by atoms with Crippen LogP contribution < -0.4 is 10.1 Å². The molecule has 8 heteroatoms. The standard InChI is InChI=1S/C22H15ClN6O/c23-15-7-3-5-13(11-15)21-18-19(16-8-1-2-9-17(16)30-21)25-22-26-27-28-29(22)20(18)14-6-4-10-24-12-14/h1-12,20-21H,(H,25,26,28)/t20-,21+/m0/s1. The van der Waals surface area contributed by atoms with E-state index in [1.54, 1.807) is 10.9 Å². The summed E-state index contributed by atoms with van der Waals surface area (Å²) in [6.07, 6.45) is 3.21. The van der Waals surface area contributed by atoms with Crippen molar-refractivity contribution in [1.82, 2.24) is 25.2 Å². The Morgan fingerprint density at radius 3 is 2.77 bits per heavy atom. The number of para-hydroxylation sites is 1. The Labute approximate surface area is 177 Å². The van der Waals surface area contributed by atoms with Crippen LogP contribution in [0.25, 0.3) is 5.70 Å². The van der Waals surface area contributed by atoms with Crippen molar-refractivity contribution in [1.29, 1.82) is 0 Å². The van der Waals surface area contributed by atoms with Gasteiger partial charge in [-0.2, -0.15) is 4.68 Å². The quantitative estimate of drug-likeness (QED) is 0.527. The molecule has 30 heavy (non-hydrogen) atoms. The Hall–Kier alpha value is -3.71. The van der Waals surface area contributed by atoms with Crippen molar-refractivity contribution in [3.63, 3.8) is 0 Å². The van der Waals surface area contributed by atoms with Gasteiger partial charge in [-0.05, 0) is 51.9 Å². The van der Waals surface area contributed by atoms with E-state index >= 15 is 0 Å². The van der Waals surface area contributed by atoms with E-state index in [4.69, 9.17) is 16.3 Å². The monoisotopic (exact) mass is 414 g/mol. The molecule has 0 radical (unpaired) electrons. The Kier molecular flexibility index (Phi) is 3.82. The van der Waals surface area contributed by atoms with Gasteiger partial charge in [0.25, 0.3) is 0 Å². The average molecular weight is 415 g/mol. The lowest BCUT2D eigenvalue weighted by molar-refractivity contribution is 0.222. The highest BCUT2D eigenvalue weighted by Gasteiger charge is 2.41. The van der Waals surface area contributed by atoms with Crippen molar-refractivity contribution in [2.24, 2.45) is 0 Å². The lowest BCUT2D eigenvalue weighted by Gasteiger charge is -2.38. The molecule has 4 heterocycles. The average Bonchev–Trinajstić information content (AvgIpc) is 3.26. The highest BCUT2D eigenvalue weighted by Crippen LogP contribution is 2.50. The predicted molar refractivity (Wildman–Crippen MR) is 112 cm³/mol. The predicted octanol–water partition coefficient (Wildman–Crippen LogP) is 4.28. The Morgan fingerprint density at radius 2 is 1.90 bits per heavy atom. The van der Waals surface area contributed by atoms with Gasteiger partial charge in [-0.25, -0.2) is 0 Å². The third-order valence-corrected chi connectivity index (χ3v) is 5.63. The summed E-state index contributed by atoms with van der Waals surface area (Å²) < 4.78 is 8.30. The second kappa shape index (κ2) is 6.67. The summed E-state index contributed by atoms with van der Waals surface area (Å²) in [7, 11) is 0. The Morgan fingerprint density at radius 1 is 1.00 bits per heavy atom. The van der Waals surface area contributed by atoms with Crippen molar-refractivity contribution in [3.8, 4) is 5.75 Å². The minimum absolute atomic E-state index is 0.280. The van der Waals surface area contributed by atoms with E-state index in [9.17, 15) is 0 Å². The largest absolute Gasteiger partial charge is 0.480 e. The number of benzene rings is 2. The highest BCUT2D eigenvalue weighted by atomic mass is 35.5. The number of fused-ring (bicyclic) bond motifs is 3. The number of halogens is 1. The maximum atomic E-state index is 6.53. The molecule has 0 aliphatic carbocycles. The van der Waals surface area contributed by atoms with Gasteiger partial charge in [0.05, 0.1) is 5.70 Å². The smallest absolute Gasteiger partial charge is 0.248 e. The van der Waals surface area contributed by atoms with Crippen molar-refractivity contribution < 1.29 is 4.74 Å². The van der Waals surface area contributed by atoms with Crippen LogP contribution in [0.15, 0.2) is 78.6 Å². The number of aromatic nitrogens is 5. The van der Waals surface area contributed by atoms with E-state index in [-0.39, 0.29) is 12.1 Å². The molecule has 2 aromatic carbocycles. The zero-order chi connectivity index (χ0) is 20.1. The van der Waals surface area contributed by atoms with Crippen LogP contribution in [0.5, 0.6) is 5.75 Å². The van der Waals surface area contributed by atoms with Gasteiger partial charge in [0.2, 0.25) is 5.95 Å². The fraction of sp³-hybridized carbons (Fsp3) is 0.0909. The zero-order valence-corrected chi connectivity index (χ0v) is 16.4. The summed E-state index contributed by atoms with van der Waals surface area (Å²) >= 11 is 6.32. The number of anilines is 1. The minimum atomic E-state index is -0.372. The summed E-state index contributed by atoms with van der Waals surface area (Å²) in [6, 6.07) is 19.3. The van der Waals surface area contributed by atoms with Crippen molar-refractivity contribution in [2.75, 3.05) is 5.32 Å². The van der Waals surface area contributed by atoms with Gasteiger partial charge in [-0.15, -0.1) is 0 Å². The number of ether oxygens (including phenoxy) is 1. The van der Waals surface area contributed by atoms with Crippen LogP contribution >= 0.6 is 11.6 Å². The van der Waals surface area contributed by atoms with Gasteiger partial charge in [0.1, 0.15) is 17.9 Å². The molecule has 4 aromatic rings. The molecule has 2 aliphatic rings. The number of hydrogen-bond acceptors (Lipinski definition) is 6. The SMILES string of the molecule is Clc1cccc([C@H]2Oc3ccccc3C3=C2[C@H](c2cccnc2)n2nnnc2N3)c1. The first-order valence-corrected chi connectivity index (χ1v) is 9.88. The summed E-state index contributed by atoms with van der Waals surface area (Å²) in [4.78, 5) is 4.32. The first-order chi connectivity index (χ1) is 14.8. The highest BCUT2D eigenvalue weighted by molar-refractivity contribution is 6.30.